The predicted molar refractivity (Wildman–Crippen MR) is 79.0 cm³/mol. The van der Waals surface area contributed by atoms with Gasteiger partial charge in [-0.05, 0) is 6.42 Å². The first-order valence-electron chi connectivity index (χ1n) is 6.60. The van der Waals surface area contributed by atoms with Gasteiger partial charge in [0, 0.05) is 36.4 Å². The Kier molecular flexibility index (Phi) is 3.77. The highest BCUT2D eigenvalue weighted by molar-refractivity contribution is 6.39. The van der Waals surface area contributed by atoms with Gasteiger partial charge in [-0.3, -0.25) is 19.2 Å². The molecule has 2 amide bonds. The van der Waals surface area contributed by atoms with Crippen LogP contribution < -0.4 is 4.90 Å². The average molecular weight is 329 g/mol. The van der Waals surface area contributed by atoms with Crippen LogP contribution in [0.3, 0.4) is 0 Å². The summed E-state index contributed by atoms with van der Waals surface area (Å²) in [5, 5.41) is 5.18. The molecule has 3 rings (SSSR count). The summed E-state index contributed by atoms with van der Waals surface area (Å²) in [4.78, 5) is 27.8. The van der Waals surface area contributed by atoms with Crippen molar-refractivity contribution in [3.05, 3.63) is 22.5 Å². The van der Waals surface area contributed by atoms with Crippen molar-refractivity contribution < 1.29 is 9.59 Å². The number of rotatable bonds is 2. The van der Waals surface area contributed by atoms with Crippen molar-refractivity contribution in [3.8, 4) is 0 Å². The first-order chi connectivity index (χ1) is 9.97. The Labute approximate surface area is 131 Å². The van der Waals surface area contributed by atoms with Gasteiger partial charge in [0.2, 0.25) is 5.91 Å². The van der Waals surface area contributed by atoms with Crippen molar-refractivity contribution in [3.63, 3.8) is 0 Å². The first-order valence-corrected chi connectivity index (χ1v) is 7.35. The second-order valence-electron chi connectivity index (χ2n) is 5.19. The van der Waals surface area contributed by atoms with Crippen LogP contribution in [0.25, 0.3) is 0 Å². The van der Waals surface area contributed by atoms with E-state index in [1.165, 1.54) is 11.1 Å². The van der Waals surface area contributed by atoms with Crippen molar-refractivity contribution in [2.45, 2.75) is 18.9 Å². The van der Waals surface area contributed by atoms with Crippen LogP contribution in [0.1, 0.15) is 12.8 Å². The molecule has 1 atom stereocenters. The number of aromatic nitrogens is 2. The summed E-state index contributed by atoms with van der Waals surface area (Å²) in [7, 11) is 1.74. The summed E-state index contributed by atoms with van der Waals surface area (Å²) in [5.41, 5.74) is 0.506. The molecular formula is C13H14Cl2N4O2. The van der Waals surface area contributed by atoms with E-state index < -0.39 is 6.04 Å². The number of nitrogens with zero attached hydrogens (tertiary/aromatic N) is 4. The maximum atomic E-state index is 12.5. The Morgan fingerprint density at radius 2 is 2.05 bits per heavy atom. The fraction of sp³-hybridized carbons (Fsp3) is 0.462. The van der Waals surface area contributed by atoms with Gasteiger partial charge in [0.1, 0.15) is 0 Å². The number of imide groups is 1. The van der Waals surface area contributed by atoms with Gasteiger partial charge in [-0.25, -0.2) is 4.90 Å². The van der Waals surface area contributed by atoms with Gasteiger partial charge in [0.25, 0.3) is 5.91 Å². The Bertz CT molecular complexity index is 640. The number of hydrogen-bond acceptors (Lipinski definition) is 4. The van der Waals surface area contributed by atoms with Gasteiger partial charge < -0.3 is 0 Å². The van der Waals surface area contributed by atoms with E-state index in [0.29, 0.717) is 35.3 Å². The lowest BCUT2D eigenvalue weighted by Crippen LogP contribution is -2.44. The summed E-state index contributed by atoms with van der Waals surface area (Å²) in [5.74, 6) is -0.440. The fourth-order valence-corrected chi connectivity index (χ4v) is 3.08. The van der Waals surface area contributed by atoms with E-state index in [0.717, 1.165) is 0 Å². The molecule has 1 aromatic heterocycles. The number of carbonyl (C=O) groups is 2. The Balaban J connectivity index is 1.81. The van der Waals surface area contributed by atoms with Crippen LogP contribution in [0.5, 0.6) is 0 Å². The molecule has 2 aliphatic rings. The molecule has 0 bridgehead atoms. The highest BCUT2D eigenvalue weighted by Gasteiger charge is 2.43. The zero-order chi connectivity index (χ0) is 15.1. The van der Waals surface area contributed by atoms with Gasteiger partial charge in [0.15, 0.2) is 0 Å². The van der Waals surface area contributed by atoms with Crippen molar-refractivity contribution >= 4 is 40.7 Å². The Morgan fingerprint density at radius 3 is 2.67 bits per heavy atom. The lowest BCUT2D eigenvalue weighted by molar-refractivity contribution is -0.122. The first kappa shape index (κ1) is 14.6. The third-order valence-electron chi connectivity index (χ3n) is 3.77. The van der Waals surface area contributed by atoms with E-state index in [9.17, 15) is 9.59 Å². The van der Waals surface area contributed by atoms with E-state index in [2.05, 4.69) is 5.10 Å². The topological polar surface area (TPSA) is 58.4 Å². The zero-order valence-electron chi connectivity index (χ0n) is 11.4. The molecule has 112 valence electrons. The minimum Gasteiger partial charge on any atom is -0.286 e. The number of halogens is 2. The maximum Gasteiger partial charge on any atom is 0.251 e. The lowest BCUT2D eigenvalue weighted by atomic mass is 10.1. The van der Waals surface area contributed by atoms with Crippen molar-refractivity contribution in [2.75, 3.05) is 18.0 Å². The molecule has 0 N–H and O–H groups in total. The summed E-state index contributed by atoms with van der Waals surface area (Å²) < 4.78 is 1.56. The highest BCUT2D eigenvalue weighted by atomic mass is 35.5. The molecule has 0 saturated carbocycles. The van der Waals surface area contributed by atoms with Gasteiger partial charge in [-0.15, -0.1) is 0 Å². The molecule has 6 nitrogen and oxygen atoms in total. The van der Waals surface area contributed by atoms with Gasteiger partial charge in [0.05, 0.1) is 24.3 Å². The smallest absolute Gasteiger partial charge is 0.251 e. The zero-order valence-corrected chi connectivity index (χ0v) is 12.9. The number of amides is 2. The van der Waals surface area contributed by atoms with Gasteiger partial charge in [-0.2, -0.15) is 5.10 Å². The monoisotopic (exact) mass is 328 g/mol. The fourth-order valence-electron chi connectivity index (χ4n) is 2.68. The molecule has 0 aromatic carbocycles. The number of aryl methyl sites for hydroxylation is 1. The highest BCUT2D eigenvalue weighted by Crippen LogP contribution is 2.30. The predicted octanol–water partition coefficient (Wildman–Crippen LogP) is 1.45. The van der Waals surface area contributed by atoms with E-state index in [4.69, 9.17) is 23.2 Å². The van der Waals surface area contributed by atoms with Crippen molar-refractivity contribution in [1.29, 1.82) is 0 Å². The molecule has 0 aliphatic carbocycles. The molecule has 2 aliphatic heterocycles. The van der Waals surface area contributed by atoms with Crippen LogP contribution in [-0.2, 0) is 16.6 Å². The van der Waals surface area contributed by atoms with Crippen LogP contribution in [0.2, 0.25) is 0 Å². The summed E-state index contributed by atoms with van der Waals surface area (Å²) in [6.45, 7) is 1.03. The van der Waals surface area contributed by atoms with Crippen molar-refractivity contribution in [2.24, 2.45) is 7.05 Å². The molecule has 21 heavy (non-hydrogen) atoms. The van der Waals surface area contributed by atoms with E-state index in [1.54, 1.807) is 17.9 Å². The van der Waals surface area contributed by atoms with Crippen LogP contribution in [-0.4, -0.2) is 45.6 Å². The molecule has 1 unspecified atom stereocenters. The summed E-state index contributed by atoms with van der Waals surface area (Å²) in [6.07, 6.45) is 3.93. The molecule has 0 radical (unpaired) electrons. The molecule has 1 aromatic rings. The Hall–Kier alpha value is -1.37. The maximum absolute atomic E-state index is 12.5. The largest absolute Gasteiger partial charge is 0.286 e. The minimum absolute atomic E-state index is 0.162. The van der Waals surface area contributed by atoms with Crippen LogP contribution in [0, 0.1) is 0 Å². The molecule has 1 fully saturated rings. The molecule has 0 spiro atoms. The second-order valence-corrected chi connectivity index (χ2v) is 6.10. The summed E-state index contributed by atoms with van der Waals surface area (Å²) in [6, 6.07) is -0.476. The van der Waals surface area contributed by atoms with E-state index >= 15 is 0 Å². The molecule has 8 heteroatoms. The van der Waals surface area contributed by atoms with E-state index in [1.807, 2.05) is 4.90 Å². The normalized spacial score (nSPS) is 24.3. The SMILES string of the molecule is Cn1cc(N2C(=O)CC(N3CCC(Cl)=C(Cl)C3)C2=O)cn1. The number of hydrogen-bond donors (Lipinski definition) is 0. The third-order valence-corrected chi connectivity index (χ3v) is 4.63. The van der Waals surface area contributed by atoms with Crippen molar-refractivity contribution in [1.82, 2.24) is 14.7 Å². The van der Waals surface area contributed by atoms with Crippen LogP contribution >= 0.6 is 23.2 Å². The Morgan fingerprint density at radius 1 is 1.29 bits per heavy atom. The van der Waals surface area contributed by atoms with Crippen LogP contribution in [0.4, 0.5) is 5.69 Å². The summed E-state index contributed by atoms with van der Waals surface area (Å²) >= 11 is 12.0. The van der Waals surface area contributed by atoms with E-state index in [-0.39, 0.29) is 18.2 Å². The van der Waals surface area contributed by atoms with Gasteiger partial charge >= 0.3 is 0 Å². The number of carbonyl (C=O) groups excluding carboxylic acids is 2. The molecule has 1 saturated heterocycles. The average Bonchev–Trinajstić information content (AvgIpc) is 2.97. The second kappa shape index (κ2) is 5.44. The van der Waals surface area contributed by atoms with Gasteiger partial charge in [-0.1, -0.05) is 23.2 Å². The standard InChI is InChI=1S/C13H14Cl2N4O2/c1-17-6-8(5-16-17)19-12(20)4-11(13(19)21)18-3-2-9(14)10(15)7-18/h5-6,11H,2-4,7H2,1H3. The molecular weight excluding hydrogens is 315 g/mol. The lowest BCUT2D eigenvalue weighted by Gasteiger charge is -2.30. The molecule has 3 heterocycles. The van der Waals surface area contributed by atoms with Crippen LogP contribution in [0.15, 0.2) is 22.5 Å². The quantitative estimate of drug-likeness (QED) is 0.771. The third kappa shape index (κ3) is 2.59. The number of anilines is 1. The minimum atomic E-state index is -0.476.